The number of hydrogen-bond donors (Lipinski definition) is 2. The Bertz CT molecular complexity index is 2970. The van der Waals surface area contributed by atoms with Gasteiger partial charge in [0, 0.05) is 48.1 Å². The number of carbonyl (C=O) groups is 2. The number of thioether (sulfide) groups is 1. The maximum Gasteiger partial charge on any atom is 2.00 e. The smallest absolute Gasteiger partial charge is 0.461 e. The van der Waals surface area contributed by atoms with Crippen LogP contribution in [0.3, 0.4) is 0 Å². The summed E-state index contributed by atoms with van der Waals surface area (Å²) in [5.74, 6) is -2.22. The second kappa shape index (κ2) is 40.7. The van der Waals surface area contributed by atoms with Crippen LogP contribution in [0.1, 0.15) is 183 Å². The van der Waals surface area contributed by atoms with Crippen LogP contribution in [0.4, 0.5) is 17.6 Å². The number of halogens is 5. The first-order valence-electron chi connectivity index (χ1n) is 34.5. The second-order valence-corrected chi connectivity index (χ2v) is 37.6. The van der Waals surface area contributed by atoms with E-state index in [1.165, 1.54) is 58.2 Å². The van der Waals surface area contributed by atoms with Crippen molar-refractivity contribution in [1.29, 1.82) is 0 Å². The number of ketones is 1. The Morgan fingerprint density at radius 1 is 0.540 bits per heavy atom. The monoisotopic (exact) mass is 1590 g/mol. The van der Waals surface area contributed by atoms with Crippen molar-refractivity contribution in [3.8, 4) is 0 Å². The fraction of sp³-hybridized carbons (Fsp3) is 0.580. The summed E-state index contributed by atoms with van der Waals surface area (Å²) >= 11 is 1.90. The van der Waals surface area contributed by atoms with Crippen LogP contribution in [-0.2, 0) is 87.2 Å². The minimum atomic E-state index is -3.43. The molecule has 2 N–H and O–H groups in total. The maximum absolute atomic E-state index is 13.0. The van der Waals surface area contributed by atoms with Gasteiger partial charge >= 0.3 is 68.4 Å². The van der Waals surface area contributed by atoms with E-state index in [1.54, 1.807) is 0 Å². The van der Waals surface area contributed by atoms with Gasteiger partial charge in [-0.3, -0.25) is 4.79 Å². The van der Waals surface area contributed by atoms with Gasteiger partial charge in [0.1, 0.15) is 11.5 Å². The number of esters is 1. The molecule has 0 spiro atoms. The zero-order valence-electron chi connectivity index (χ0n) is 60.4. The van der Waals surface area contributed by atoms with Crippen LogP contribution in [0.15, 0.2) is 138 Å². The van der Waals surface area contributed by atoms with E-state index in [0.717, 1.165) is 90.6 Å². The van der Waals surface area contributed by atoms with Crippen molar-refractivity contribution in [2.75, 3.05) is 56.0 Å². The van der Waals surface area contributed by atoms with E-state index in [2.05, 4.69) is 147 Å². The van der Waals surface area contributed by atoms with Crippen molar-refractivity contribution in [3.05, 3.63) is 169 Å². The molecule has 10 aliphatic rings. The van der Waals surface area contributed by atoms with E-state index >= 15 is 0 Å². The van der Waals surface area contributed by atoms with Gasteiger partial charge in [-0.25, -0.2) is 4.79 Å². The Morgan fingerprint density at radius 2 is 0.890 bits per heavy atom. The number of ether oxygens (including phenoxy) is 3. The van der Waals surface area contributed by atoms with Gasteiger partial charge in [0.05, 0.1) is 44.2 Å². The van der Waals surface area contributed by atoms with Crippen LogP contribution in [0.5, 0.6) is 0 Å². The van der Waals surface area contributed by atoms with Gasteiger partial charge in [0.25, 0.3) is 0 Å². The van der Waals surface area contributed by atoms with Crippen LogP contribution in [0.25, 0.3) is 0 Å². The van der Waals surface area contributed by atoms with Crippen LogP contribution >= 0.6 is 11.8 Å². The van der Waals surface area contributed by atoms with Gasteiger partial charge in [-0.05, 0) is 182 Å². The van der Waals surface area contributed by atoms with Gasteiger partial charge in [0.2, 0.25) is 5.78 Å². The molecule has 4 atom stereocenters. The standard InChI is InChI=1S/C20H26I.C15H22F2O2.C14H20F2O3.C14H21OS.2C6H5.C4H8OS.2CO2.Cu/c1-19(2,3)15-7-11-17(12-8-15)21-18-13-9-16(10-14-18)20(4,5)6;1-13(16,17)12(18)2-3-14-5-10-4-11(6-14)8-15(19,7-10)9-14;1-12(15,16)11(17)19-8-13-3-9-2-10(4-13)6-14(18,5-9)7-13;1-14(2,3)12-4-6-13(7-5-12)16-10-8-15-9-11-16;2*1-2-4-6-5-3-1;1-3-6-4-2-5-1;2*2-1-3;/h7-14H,1-6H3;10-11,19H,2-9H2,1H3;9-10,18H,2-8H2,1H3;4-7H,8-11H2,1-3H3;2*1-5H;1-4H2;;;/q+1;;;+1;2*-1;;;;+2. The molecule has 553 valence electrons. The van der Waals surface area contributed by atoms with Crippen molar-refractivity contribution in [3.63, 3.8) is 0 Å². The number of benzene rings is 5. The van der Waals surface area contributed by atoms with Crippen molar-refractivity contribution in [2.45, 2.75) is 210 Å². The maximum atomic E-state index is 13.0. The van der Waals surface area contributed by atoms with Gasteiger partial charge in [-0.15, -0.1) is 0 Å². The molecule has 1 radical (unpaired) electrons. The fourth-order valence-electron chi connectivity index (χ4n) is 15.4. The molecule has 5 aromatic rings. The number of alkyl halides is 4. The van der Waals surface area contributed by atoms with E-state index < -0.39 is 34.8 Å². The second-order valence-electron chi connectivity index (χ2n) is 31.1. The van der Waals surface area contributed by atoms with E-state index in [1.807, 2.05) is 72.4 Å². The van der Waals surface area contributed by atoms with Crippen molar-refractivity contribution in [2.24, 2.45) is 34.5 Å². The Labute approximate surface area is 621 Å². The van der Waals surface area contributed by atoms with E-state index in [9.17, 15) is 37.4 Å². The normalized spacial score (nSPS) is 25.1. The summed E-state index contributed by atoms with van der Waals surface area (Å²) in [7, 11) is 0.432. The first kappa shape index (κ1) is 87.9. The topological polar surface area (TPSA) is 171 Å². The van der Waals surface area contributed by atoms with Gasteiger partial charge in [-0.1, -0.05) is 98.7 Å². The van der Waals surface area contributed by atoms with Crippen molar-refractivity contribution >= 4 is 46.7 Å². The third kappa shape index (κ3) is 30.7. The number of hydrogen-bond acceptors (Lipinski definition) is 12. The summed E-state index contributed by atoms with van der Waals surface area (Å²) in [5.41, 5.74) is 3.48. The third-order valence-electron chi connectivity index (χ3n) is 19.1. The molecule has 0 aromatic heterocycles. The minimum absolute atomic E-state index is 0. The van der Waals surface area contributed by atoms with Crippen molar-refractivity contribution < 1.29 is 109 Å². The molecule has 100 heavy (non-hydrogen) atoms. The molecule has 10 fully saturated rings. The molecule has 15 rings (SSSR count). The van der Waals surface area contributed by atoms with E-state index in [0.29, 0.717) is 61.3 Å². The molecule has 0 amide bonds. The summed E-state index contributed by atoms with van der Waals surface area (Å²) in [6.07, 6.45) is 11.8. The van der Waals surface area contributed by atoms with Crippen LogP contribution < -0.4 is 21.2 Å². The van der Waals surface area contributed by atoms with Crippen molar-refractivity contribution in [1.82, 2.24) is 0 Å². The fourth-order valence-corrected chi connectivity index (χ4v) is 20.1. The van der Waals surface area contributed by atoms with Gasteiger partial charge in [0.15, 0.2) is 12.0 Å². The molecule has 19 heteroatoms. The largest absolute Gasteiger partial charge is 2.00 e. The summed E-state index contributed by atoms with van der Waals surface area (Å²) < 4.78 is 69.8. The molecule has 2 heterocycles. The molecule has 2 saturated heterocycles. The third-order valence-corrected chi connectivity index (χ3v) is 25.0. The number of rotatable bonds is 10. The molecule has 2 aliphatic heterocycles. The Morgan fingerprint density at radius 3 is 1.18 bits per heavy atom. The summed E-state index contributed by atoms with van der Waals surface area (Å²) in [6, 6.07) is 52.6. The predicted molar refractivity (Wildman–Crippen MR) is 378 cm³/mol. The summed E-state index contributed by atoms with van der Waals surface area (Å²) in [6.45, 7) is 25.5. The Hall–Kier alpha value is -4.49. The Balaban J connectivity index is 0.000000254. The minimum Gasteiger partial charge on any atom is -0.461 e. The molecular weight excluding hydrogens is 1480 g/mol. The first-order valence-corrected chi connectivity index (χ1v) is 39.4. The van der Waals surface area contributed by atoms with Crippen LogP contribution in [0, 0.1) is 53.8 Å². The number of carbonyl (C=O) groups excluding carboxylic acids is 6. The average Bonchev–Trinajstić information content (AvgIpc) is 0.738. The molecule has 8 bridgehead atoms. The molecule has 8 aliphatic carbocycles. The number of Topliss-reactive ketones (excluding diaryl/α,β-unsaturated/α-hetero) is 1. The summed E-state index contributed by atoms with van der Waals surface area (Å²) in [5, 5.41) is 21.1. The average molecular weight is 1590 g/mol. The quantitative estimate of drug-likeness (QED) is 0.0339. The van der Waals surface area contributed by atoms with Crippen LogP contribution in [0.2, 0.25) is 0 Å². The summed E-state index contributed by atoms with van der Waals surface area (Å²) in [4.78, 5) is 56.6. The predicted octanol–water partition coefficient (Wildman–Crippen LogP) is 13.8. The molecular formula is C81H107CuF4IO11S2+2. The van der Waals surface area contributed by atoms with Gasteiger partial charge in [-0.2, -0.15) is 121 Å². The molecule has 5 aromatic carbocycles. The number of aliphatic hydroxyl groups is 2. The SMILES string of the molecule is C1CSCCO1.CC(C)(C)c1ccc([I+]c2ccc(C(C)(C)C)cc2)cc1.CC(C)(C)c1ccc([S+]2CCOCC2)cc1.CC(F)(F)C(=O)CCC12CC3CC(CC(O)(C3)C1)C2.CC(F)(F)C(=O)OCC12CC3CC(CC(O)(C3)C1)C2.O=C=O.O=C=O.[Cu+2].[c-]1ccccc1.[c-]1ccccc1. The molecule has 4 unspecified atom stereocenters. The van der Waals surface area contributed by atoms with E-state index in [4.69, 9.17) is 33.4 Å². The zero-order chi connectivity index (χ0) is 73.2. The molecule has 8 saturated carbocycles. The first-order chi connectivity index (χ1) is 46.5. The van der Waals surface area contributed by atoms with Gasteiger partial charge < -0.3 is 24.4 Å². The van der Waals surface area contributed by atoms with E-state index in [-0.39, 0.29) is 90.7 Å². The molecule has 11 nitrogen and oxygen atoms in total. The zero-order valence-corrected chi connectivity index (χ0v) is 65.1. The van der Waals surface area contributed by atoms with Crippen LogP contribution in [-0.4, -0.2) is 113 Å². The Kier molecular flexibility index (Phi) is 35.8.